The monoisotopic (exact) mass is 191 g/mol. The van der Waals surface area contributed by atoms with E-state index in [0.717, 1.165) is 24.4 Å². The number of aromatic nitrogens is 2. The summed E-state index contributed by atoms with van der Waals surface area (Å²) in [7, 11) is 0. The third-order valence-electron chi connectivity index (χ3n) is 2.93. The highest BCUT2D eigenvalue weighted by molar-refractivity contribution is 5.44. The van der Waals surface area contributed by atoms with E-state index in [-0.39, 0.29) is 0 Å². The Bertz CT molecular complexity index is 369. The van der Waals surface area contributed by atoms with Crippen molar-refractivity contribution in [1.29, 1.82) is 0 Å². The zero-order valence-electron chi connectivity index (χ0n) is 9.09. The van der Waals surface area contributed by atoms with Crippen LogP contribution in [0.25, 0.3) is 0 Å². The van der Waals surface area contributed by atoms with Gasteiger partial charge in [0.2, 0.25) is 0 Å². The second-order valence-electron chi connectivity index (χ2n) is 4.92. The third kappa shape index (κ3) is 1.59. The molecule has 3 nitrogen and oxygen atoms in total. The van der Waals surface area contributed by atoms with Crippen molar-refractivity contribution in [1.82, 2.24) is 9.97 Å². The first kappa shape index (κ1) is 9.44. The quantitative estimate of drug-likeness (QED) is 0.681. The van der Waals surface area contributed by atoms with Crippen molar-refractivity contribution in [2.24, 2.45) is 5.41 Å². The van der Waals surface area contributed by atoms with E-state index in [2.05, 4.69) is 23.8 Å². The minimum atomic E-state index is 0.347. The second kappa shape index (κ2) is 2.94. The Morgan fingerprint density at radius 3 is 2.71 bits per heavy atom. The van der Waals surface area contributed by atoms with Gasteiger partial charge in [-0.15, -0.1) is 0 Å². The van der Waals surface area contributed by atoms with Gasteiger partial charge in [-0.2, -0.15) is 0 Å². The average molecular weight is 191 g/mol. The van der Waals surface area contributed by atoms with Crippen LogP contribution in [-0.4, -0.2) is 9.97 Å². The van der Waals surface area contributed by atoms with Crippen molar-refractivity contribution in [2.45, 2.75) is 40.0 Å². The second-order valence-corrected chi connectivity index (χ2v) is 4.92. The molecule has 0 saturated heterocycles. The molecule has 0 fully saturated rings. The molecule has 0 amide bonds. The molecule has 3 heteroatoms. The molecule has 0 unspecified atom stereocenters. The average Bonchev–Trinajstić information content (AvgIpc) is 2.06. The fourth-order valence-corrected chi connectivity index (χ4v) is 2.10. The van der Waals surface area contributed by atoms with Crippen LogP contribution < -0.4 is 5.73 Å². The molecule has 0 spiro atoms. The molecule has 14 heavy (non-hydrogen) atoms. The Morgan fingerprint density at radius 1 is 1.29 bits per heavy atom. The highest BCUT2D eigenvalue weighted by atomic mass is 14.9. The Morgan fingerprint density at radius 2 is 2.00 bits per heavy atom. The number of rotatable bonds is 0. The summed E-state index contributed by atoms with van der Waals surface area (Å²) in [5.74, 6) is 1.47. The highest BCUT2D eigenvalue weighted by Crippen LogP contribution is 2.35. The summed E-state index contributed by atoms with van der Waals surface area (Å²) in [6.45, 7) is 6.45. The van der Waals surface area contributed by atoms with Gasteiger partial charge in [0.15, 0.2) is 0 Å². The van der Waals surface area contributed by atoms with Crippen molar-refractivity contribution in [3.63, 3.8) is 0 Å². The SMILES string of the molecule is Cc1nc(N)c2c(n1)CCC(C)(C)C2. The lowest BCUT2D eigenvalue weighted by molar-refractivity contribution is 0.312. The fourth-order valence-electron chi connectivity index (χ4n) is 2.10. The van der Waals surface area contributed by atoms with Gasteiger partial charge in [0, 0.05) is 11.3 Å². The van der Waals surface area contributed by atoms with Crippen molar-refractivity contribution in [2.75, 3.05) is 5.73 Å². The van der Waals surface area contributed by atoms with E-state index in [1.54, 1.807) is 0 Å². The van der Waals surface area contributed by atoms with E-state index in [4.69, 9.17) is 5.73 Å². The zero-order valence-corrected chi connectivity index (χ0v) is 9.09. The van der Waals surface area contributed by atoms with E-state index in [9.17, 15) is 0 Å². The number of fused-ring (bicyclic) bond motifs is 1. The summed E-state index contributed by atoms with van der Waals surface area (Å²) in [6, 6.07) is 0. The van der Waals surface area contributed by atoms with Gasteiger partial charge >= 0.3 is 0 Å². The molecule has 0 bridgehead atoms. The normalized spacial score (nSPS) is 19.1. The Balaban J connectivity index is 2.47. The smallest absolute Gasteiger partial charge is 0.130 e. The number of hydrogen-bond acceptors (Lipinski definition) is 3. The molecule has 1 aliphatic carbocycles. The van der Waals surface area contributed by atoms with Crippen molar-refractivity contribution in [3.8, 4) is 0 Å². The fraction of sp³-hybridized carbons (Fsp3) is 0.636. The van der Waals surface area contributed by atoms with E-state index in [1.165, 1.54) is 12.0 Å². The van der Waals surface area contributed by atoms with Crippen LogP contribution in [0.1, 0.15) is 37.4 Å². The maximum atomic E-state index is 5.91. The highest BCUT2D eigenvalue weighted by Gasteiger charge is 2.27. The molecule has 0 aliphatic heterocycles. The van der Waals surface area contributed by atoms with Gasteiger partial charge in [0.05, 0.1) is 0 Å². The summed E-state index contributed by atoms with van der Waals surface area (Å²) in [5.41, 5.74) is 8.59. The molecular weight excluding hydrogens is 174 g/mol. The molecular formula is C11H17N3. The topological polar surface area (TPSA) is 51.8 Å². The lowest BCUT2D eigenvalue weighted by Gasteiger charge is -2.31. The van der Waals surface area contributed by atoms with Gasteiger partial charge in [0.25, 0.3) is 0 Å². The summed E-state index contributed by atoms with van der Waals surface area (Å²) < 4.78 is 0. The van der Waals surface area contributed by atoms with Crippen LogP contribution in [0.4, 0.5) is 5.82 Å². The van der Waals surface area contributed by atoms with Gasteiger partial charge < -0.3 is 5.73 Å². The lowest BCUT2D eigenvalue weighted by atomic mass is 9.76. The maximum Gasteiger partial charge on any atom is 0.130 e. The summed E-state index contributed by atoms with van der Waals surface area (Å²) >= 11 is 0. The molecule has 2 N–H and O–H groups in total. The Hall–Kier alpha value is -1.12. The molecule has 0 radical (unpaired) electrons. The largest absolute Gasteiger partial charge is 0.383 e. The molecule has 0 saturated carbocycles. The summed E-state index contributed by atoms with van der Waals surface area (Å²) in [4.78, 5) is 8.67. The number of anilines is 1. The first-order valence-corrected chi connectivity index (χ1v) is 5.10. The maximum absolute atomic E-state index is 5.91. The van der Waals surface area contributed by atoms with Crippen molar-refractivity contribution >= 4 is 5.82 Å². The van der Waals surface area contributed by atoms with Gasteiger partial charge in [-0.25, -0.2) is 9.97 Å². The molecule has 2 rings (SSSR count). The van der Waals surface area contributed by atoms with E-state index < -0.39 is 0 Å². The molecule has 76 valence electrons. The van der Waals surface area contributed by atoms with Crippen LogP contribution in [0.3, 0.4) is 0 Å². The molecule has 1 aliphatic rings. The van der Waals surface area contributed by atoms with Gasteiger partial charge in [0.1, 0.15) is 11.6 Å². The van der Waals surface area contributed by atoms with E-state index >= 15 is 0 Å². The van der Waals surface area contributed by atoms with E-state index in [0.29, 0.717) is 11.2 Å². The minimum absolute atomic E-state index is 0.347. The summed E-state index contributed by atoms with van der Waals surface area (Å²) in [6.07, 6.45) is 3.24. The minimum Gasteiger partial charge on any atom is -0.383 e. The van der Waals surface area contributed by atoms with Gasteiger partial charge in [-0.1, -0.05) is 13.8 Å². The van der Waals surface area contributed by atoms with Crippen LogP contribution in [0.2, 0.25) is 0 Å². The lowest BCUT2D eigenvalue weighted by Crippen LogP contribution is -2.25. The van der Waals surface area contributed by atoms with E-state index in [1.807, 2.05) is 6.92 Å². The first-order valence-electron chi connectivity index (χ1n) is 5.10. The molecule has 0 aromatic carbocycles. The first-order chi connectivity index (χ1) is 6.48. The van der Waals surface area contributed by atoms with Gasteiger partial charge in [-0.3, -0.25) is 0 Å². The predicted octanol–water partition coefficient (Wildman–Crippen LogP) is 1.88. The number of aryl methyl sites for hydroxylation is 2. The molecule has 1 aromatic heterocycles. The molecule has 0 atom stereocenters. The summed E-state index contributed by atoms with van der Waals surface area (Å²) in [5, 5.41) is 0. The van der Waals surface area contributed by atoms with Crippen molar-refractivity contribution in [3.05, 3.63) is 17.1 Å². The number of nitrogen functional groups attached to an aromatic ring is 1. The van der Waals surface area contributed by atoms with Crippen LogP contribution in [0.15, 0.2) is 0 Å². The molecule has 1 aromatic rings. The van der Waals surface area contributed by atoms with Crippen LogP contribution >= 0.6 is 0 Å². The number of nitrogens with zero attached hydrogens (tertiary/aromatic N) is 2. The molecule has 1 heterocycles. The number of nitrogens with two attached hydrogens (primary N) is 1. The van der Waals surface area contributed by atoms with Crippen LogP contribution in [-0.2, 0) is 12.8 Å². The van der Waals surface area contributed by atoms with Crippen molar-refractivity contribution < 1.29 is 0 Å². The van der Waals surface area contributed by atoms with Crippen LogP contribution in [0.5, 0.6) is 0 Å². The van der Waals surface area contributed by atoms with Gasteiger partial charge in [-0.05, 0) is 31.6 Å². The number of hydrogen-bond donors (Lipinski definition) is 1. The standard InChI is InChI=1S/C11H17N3/c1-7-13-9-4-5-11(2,3)6-8(9)10(12)14-7/h4-6H2,1-3H3,(H2,12,13,14). The van der Waals surface area contributed by atoms with Crippen LogP contribution in [0, 0.1) is 12.3 Å². The Kier molecular flexibility index (Phi) is 1.98. The predicted molar refractivity (Wildman–Crippen MR) is 57.0 cm³/mol. The third-order valence-corrected chi connectivity index (χ3v) is 2.93. The zero-order chi connectivity index (χ0) is 10.3. The Labute approximate surface area is 84.8 Å².